The Morgan fingerprint density at radius 3 is 2.77 bits per heavy atom. The quantitative estimate of drug-likeness (QED) is 0.775. The molecule has 0 amide bonds. The van der Waals surface area contributed by atoms with Crippen LogP contribution in [0, 0.1) is 0 Å². The van der Waals surface area contributed by atoms with Crippen LogP contribution in [0.3, 0.4) is 0 Å². The van der Waals surface area contributed by atoms with Gasteiger partial charge in [0.25, 0.3) is 0 Å². The molecule has 0 unspecified atom stereocenters. The number of halogens is 1. The highest BCUT2D eigenvalue weighted by Crippen LogP contribution is 2.24. The lowest BCUT2D eigenvalue weighted by atomic mass is 10.2. The van der Waals surface area contributed by atoms with Gasteiger partial charge >= 0.3 is 0 Å². The first-order valence-corrected chi connectivity index (χ1v) is 5.70. The molecule has 0 spiro atoms. The van der Waals surface area contributed by atoms with E-state index in [0.29, 0.717) is 0 Å². The van der Waals surface area contributed by atoms with E-state index in [1.165, 1.54) is 4.90 Å². The molecule has 0 saturated carbocycles. The SMILES string of the molecule is CCSc1ccc(CNC)c(Cl)c1. The summed E-state index contributed by atoms with van der Waals surface area (Å²) in [4.78, 5) is 1.24. The van der Waals surface area contributed by atoms with Gasteiger partial charge in [0.15, 0.2) is 0 Å². The lowest BCUT2D eigenvalue weighted by Crippen LogP contribution is -2.05. The van der Waals surface area contributed by atoms with Crippen LogP contribution in [0.2, 0.25) is 5.02 Å². The highest BCUT2D eigenvalue weighted by molar-refractivity contribution is 7.99. The number of hydrogen-bond donors (Lipinski definition) is 1. The van der Waals surface area contributed by atoms with E-state index in [4.69, 9.17) is 11.6 Å². The van der Waals surface area contributed by atoms with Crippen molar-refractivity contribution in [1.82, 2.24) is 5.32 Å². The molecule has 0 atom stereocenters. The fraction of sp³-hybridized carbons (Fsp3) is 0.400. The largest absolute Gasteiger partial charge is 0.316 e. The number of hydrogen-bond acceptors (Lipinski definition) is 2. The Hall–Kier alpha value is -0.180. The Morgan fingerprint density at radius 1 is 1.46 bits per heavy atom. The normalized spacial score (nSPS) is 10.4. The van der Waals surface area contributed by atoms with Gasteiger partial charge in [-0.15, -0.1) is 11.8 Å². The molecule has 0 aliphatic heterocycles. The molecule has 0 heterocycles. The van der Waals surface area contributed by atoms with Crippen LogP contribution in [0.4, 0.5) is 0 Å². The minimum Gasteiger partial charge on any atom is -0.316 e. The molecule has 3 heteroatoms. The van der Waals surface area contributed by atoms with Crippen LogP contribution in [0.5, 0.6) is 0 Å². The molecule has 1 rings (SSSR count). The fourth-order valence-corrected chi connectivity index (χ4v) is 2.13. The molecule has 13 heavy (non-hydrogen) atoms. The van der Waals surface area contributed by atoms with Crippen LogP contribution >= 0.6 is 23.4 Å². The monoisotopic (exact) mass is 215 g/mol. The maximum Gasteiger partial charge on any atom is 0.0462 e. The maximum absolute atomic E-state index is 6.09. The molecule has 0 radical (unpaired) electrons. The van der Waals surface area contributed by atoms with Crippen LogP contribution in [-0.2, 0) is 6.54 Å². The molecule has 1 nitrogen and oxygen atoms in total. The summed E-state index contributed by atoms with van der Waals surface area (Å²) in [6.45, 7) is 2.97. The van der Waals surface area contributed by atoms with Crippen molar-refractivity contribution < 1.29 is 0 Å². The Bertz CT molecular complexity index is 276. The van der Waals surface area contributed by atoms with Gasteiger partial charge < -0.3 is 5.32 Å². The van der Waals surface area contributed by atoms with E-state index in [9.17, 15) is 0 Å². The van der Waals surface area contributed by atoms with E-state index >= 15 is 0 Å². The van der Waals surface area contributed by atoms with Crippen LogP contribution < -0.4 is 5.32 Å². The number of benzene rings is 1. The fourth-order valence-electron chi connectivity index (χ4n) is 1.12. The molecule has 72 valence electrons. The molecule has 0 bridgehead atoms. The zero-order valence-electron chi connectivity index (χ0n) is 7.93. The summed E-state index contributed by atoms with van der Waals surface area (Å²) in [5.74, 6) is 1.09. The number of rotatable bonds is 4. The molecule has 1 N–H and O–H groups in total. The summed E-state index contributed by atoms with van der Waals surface area (Å²) in [6, 6.07) is 6.23. The second-order valence-corrected chi connectivity index (χ2v) is 4.46. The summed E-state index contributed by atoms with van der Waals surface area (Å²) in [5, 5.41) is 3.94. The highest BCUT2D eigenvalue weighted by atomic mass is 35.5. The predicted octanol–water partition coefficient (Wildman–Crippen LogP) is 3.17. The molecule has 0 aliphatic carbocycles. The van der Waals surface area contributed by atoms with Crippen LogP contribution in [0.1, 0.15) is 12.5 Å². The molecule has 0 saturated heterocycles. The van der Waals surface area contributed by atoms with Gasteiger partial charge in [-0.25, -0.2) is 0 Å². The first kappa shape index (κ1) is 10.9. The van der Waals surface area contributed by atoms with Gasteiger partial charge in [-0.05, 0) is 30.5 Å². The van der Waals surface area contributed by atoms with Gasteiger partial charge in [0.1, 0.15) is 0 Å². The average Bonchev–Trinajstić information content (AvgIpc) is 2.10. The number of thioether (sulfide) groups is 1. The molecule has 0 aromatic heterocycles. The highest BCUT2D eigenvalue weighted by Gasteiger charge is 2.00. The summed E-state index contributed by atoms with van der Waals surface area (Å²) in [5.41, 5.74) is 1.16. The predicted molar refractivity (Wildman–Crippen MR) is 60.6 cm³/mol. The van der Waals surface area contributed by atoms with Gasteiger partial charge in [0, 0.05) is 16.5 Å². The third-order valence-corrected chi connectivity index (χ3v) is 2.93. The Kier molecular flexibility index (Phi) is 4.64. The number of nitrogens with one attached hydrogen (secondary N) is 1. The minimum atomic E-state index is 0.829. The average molecular weight is 216 g/mol. The molecular weight excluding hydrogens is 202 g/mol. The van der Waals surface area contributed by atoms with Crippen LogP contribution in [0.15, 0.2) is 23.1 Å². The van der Waals surface area contributed by atoms with E-state index in [2.05, 4.69) is 24.4 Å². The van der Waals surface area contributed by atoms with Crippen molar-refractivity contribution in [3.8, 4) is 0 Å². The van der Waals surface area contributed by atoms with Gasteiger partial charge in [0.2, 0.25) is 0 Å². The van der Waals surface area contributed by atoms with Crippen molar-refractivity contribution in [2.24, 2.45) is 0 Å². The summed E-state index contributed by atoms with van der Waals surface area (Å²) < 4.78 is 0. The minimum absolute atomic E-state index is 0.829. The first-order chi connectivity index (χ1) is 6.27. The van der Waals surface area contributed by atoms with Crippen molar-refractivity contribution in [2.75, 3.05) is 12.8 Å². The first-order valence-electron chi connectivity index (χ1n) is 4.33. The van der Waals surface area contributed by atoms with Crippen LogP contribution in [0.25, 0.3) is 0 Å². The van der Waals surface area contributed by atoms with E-state index in [1.54, 1.807) is 0 Å². The zero-order valence-corrected chi connectivity index (χ0v) is 9.50. The van der Waals surface area contributed by atoms with Gasteiger partial charge in [-0.3, -0.25) is 0 Å². The smallest absolute Gasteiger partial charge is 0.0462 e. The second kappa shape index (κ2) is 5.53. The topological polar surface area (TPSA) is 12.0 Å². The second-order valence-electron chi connectivity index (χ2n) is 2.72. The lowest BCUT2D eigenvalue weighted by Gasteiger charge is -2.05. The molecule has 1 aromatic rings. The summed E-state index contributed by atoms with van der Waals surface area (Å²) in [6.07, 6.45) is 0. The third-order valence-electron chi connectivity index (χ3n) is 1.70. The van der Waals surface area contributed by atoms with E-state index < -0.39 is 0 Å². The summed E-state index contributed by atoms with van der Waals surface area (Å²) in [7, 11) is 1.92. The van der Waals surface area contributed by atoms with Crippen molar-refractivity contribution in [3.63, 3.8) is 0 Å². The Morgan fingerprint density at radius 2 is 2.23 bits per heavy atom. The molecule has 0 fully saturated rings. The Labute approximate surface area is 88.9 Å². The van der Waals surface area contributed by atoms with Crippen molar-refractivity contribution >= 4 is 23.4 Å². The molecular formula is C10H14ClNS. The molecule has 1 aromatic carbocycles. The lowest BCUT2D eigenvalue weighted by molar-refractivity contribution is 0.817. The standard InChI is InChI=1S/C10H14ClNS/c1-3-13-9-5-4-8(7-12-2)10(11)6-9/h4-6,12H,3,7H2,1-2H3. The van der Waals surface area contributed by atoms with Crippen molar-refractivity contribution in [3.05, 3.63) is 28.8 Å². The van der Waals surface area contributed by atoms with Crippen LogP contribution in [-0.4, -0.2) is 12.8 Å². The van der Waals surface area contributed by atoms with E-state index in [-0.39, 0.29) is 0 Å². The van der Waals surface area contributed by atoms with Crippen molar-refractivity contribution in [1.29, 1.82) is 0 Å². The van der Waals surface area contributed by atoms with Gasteiger partial charge in [0.05, 0.1) is 0 Å². The van der Waals surface area contributed by atoms with Gasteiger partial charge in [-0.2, -0.15) is 0 Å². The third kappa shape index (κ3) is 3.22. The van der Waals surface area contributed by atoms with Crippen molar-refractivity contribution in [2.45, 2.75) is 18.4 Å². The van der Waals surface area contributed by atoms with E-state index in [1.807, 2.05) is 24.9 Å². The zero-order chi connectivity index (χ0) is 9.68. The van der Waals surface area contributed by atoms with Gasteiger partial charge in [-0.1, -0.05) is 24.6 Å². The van der Waals surface area contributed by atoms with E-state index in [0.717, 1.165) is 22.9 Å². The summed E-state index contributed by atoms with van der Waals surface area (Å²) >= 11 is 7.90. The Balaban J connectivity index is 2.79. The molecule has 0 aliphatic rings. The maximum atomic E-state index is 6.09.